The molecule has 0 saturated heterocycles. The summed E-state index contributed by atoms with van der Waals surface area (Å²) >= 11 is 1.73. The predicted octanol–water partition coefficient (Wildman–Crippen LogP) is 3.18. The molecule has 3 rings (SSSR count). The van der Waals surface area contributed by atoms with Crippen LogP contribution in [0.3, 0.4) is 0 Å². The number of fused-ring (bicyclic) bond motifs is 1. The lowest BCUT2D eigenvalue weighted by molar-refractivity contribution is 0.868. The van der Waals surface area contributed by atoms with Crippen molar-refractivity contribution in [2.45, 2.75) is 20.3 Å². The fourth-order valence-corrected chi connectivity index (χ4v) is 3.36. The molecule has 0 atom stereocenters. The first-order chi connectivity index (χ1) is 9.20. The monoisotopic (exact) mass is 271 g/mol. The van der Waals surface area contributed by atoms with Gasteiger partial charge in [0.2, 0.25) is 0 Å². The Morgan fingerprint density at radius 2 is 2.16 bits per heavy atom. The van der Waals surface area contributed by atoms with E-state index in [4.69, 9.17) is 5.73 Å². The Morgan fingerprint density at radius 3 is 2.89 bits per heavy atom. The van der Waals surface area contributed by atoms with Crippen LogP contribution in [0.2, 0.25) is 0 Å². The Labute approximate surface area is 116 Å². The van der Waals surface area contributed by atoms with Crippen molar-refractivity contribution < 1.29 is 0 Å². The highest BCUT2D eigenvalue weighted by molar-refractivity contribution is 7.15. The number of nitrogens with two attached hydrogens (primary N) is 1. The number of aryl methyl sites for hydroxylation is 2. The molecule has 0 aliphatic rings. The minimum Gasteiger partial charge on any atom is -0.330 e. The first-order valence-corrected chi connectivity index (χ1v) is 7.30. The summed E-state index contributed by atoms with van der Waals surface area (Å²) in [5.74, 6) is 1.05. The molecule has 4 heteroatoms. The molecule has 2 heterocycles. The van der Waals surface area contributed by atoms with Crippen molar-refractivity contribution in [1.82, 2.24) is 9.38 Å². The molecule has 0 bridgehead atoms. The summed E-state index contributed by atoms with van der Waals surface area (Å²) in [4.78, 5) is 5.65. The Balaban J connectivity index is 2.21. The number of aromatic nitrogens is 2. The first-order valence-electron chi connectivity index (χ1n) is 6.42. The summed E-state index contributed by atoms with van der Waals surface area (Å²) in [6.45, 7) is 4.91. The number of thiazole rings is 1. The second kappa shape index (κ2) is 4.79. The van der Waals surface area contributed by atoms with Crippen LogP contribution in [0.15, 0.2) is 29.8 Å². The predicted molar refractivity (Wildman–Crippen MR) is 80.7 cm³/mol. The van der Waals surface area contributed by atoms with Crippen LogP contribution in [0.1, 0.15) is 17.0 Å². The number of imidazole rings is 1. The van der Waals surface area contributed by atoms with Crippen molar-refractivity contribution in [3.8, 4) is 11.3 Å². The molecular formula is C15H17N3S. The second-order valence-electron chi connectivity index (χ2n) is 4.83. The molecular weight excluding hydrogens is 254 g/mol. The minimum atomic E-state index is 0.626. The average Bonchev–Trinajstić information content (AvgIpc) is 2.93. The third-order valence-corrected chi connectivity index (χ3v) is 4.23. The lowest BCUT2D eigenvalue weighted by Crippen LogP contribution is -2.06. The molecule has 1 aromatic carbocycles. The largest absolute Gasteiger partial charge is 0.330 e. The molecule has 3 nitrogen and oxygen atoms in total. The molecule has 0 aliphatic carbocycles. The van der Waals surface area contributed by atoms with Crippen LogP contribution >= 0.6 is 11.3 Å². The SMILES string of the molecule is Cc1ccc(-c2csc3cnc(CCN)n23)c(C)c1. The van der Waals surface area contributed by atoms with Gasteiger partial charge in [0.15, 0.2) is 0 Å². The maximum atomic E-state index is 5.67. The third kappa shape index (κ3) is 2.07. The van der Waals surface area contributed by atoms with E-state index >= 15 is 0 Å². The van der Waals surface area contributed by atoms with Gasteiger partial charge in [-0.15, -0.1) is 11.3 Å². The van der Waals surface area contributed by atoms with E-state index in [9.17, 15) is 0 Å². The second-order valence-corrected chi connectivity index (χ2v) is 5.72. The fourth-order valence-electron chi connectivity index (χ4n) is 2.47. The van der Waals surface area contributed by atoms with E-state index in [1.54, 1.807) is 11.3 Å². The molecule has 0 radical (unpaired) electrons. The lowest BCUT2D eigenvalue weighted by Gasteiger charge is -2.07. The van der Waals surface area contributed by atoms with Crippen molar-refractivity contribution in [1.29, 1.82) is 0 Å². The average molecular weight is 271 g/mol. The number of benzene rings is 1. The van der Waals surface area contributed by atoms with Gasteiger partial charge in [-0.2, -0.15) is 0 Å². The molecule has 19 heavy (non-hydrogen) atoms. The van der Waals surface area contributed by atoms with E-state index < -0.39 is 0 Å². The standard InChI is InChI=1S/C15H17N3S/c1-10-3-4-12(11(2)7-10)13-9-19-15-8-17-14(5-6-16)18(13)15/h3-4,7-9H,5-6,16H2,1-2H3. The van der Waals surface area contributed by atoms with Crippen LogP contribution in [0.5, 0.6) is 0 Å². The van der Waals surface area contributed by atoms with E-state index in [0.29, 0.717) is 6.54 Å². The molecule has 2 N–H and O–H groups in total. The van der Waals surface area contributed by atoms with E-state index in [1.165, 1.54) is 27.2 Å². The maximum Gasteiger partial charge on any atom is 0.120 e. The van der Waals surface area contributed by atoms with Crippen LogP contribution in [0.4, 0.5) is 0 Å². The molecule has 0 aliphatic heterocycles. The molecule has 0 saturated carbocycles. The Bertz CT molecular complexity index is 724. The summed E-state index contributed by atoms with van der Waals surface area (Å²) in [7, 11) is 0. The highest BCUT2D eigenvalue weighted by Gasteiger charge is 2.12. The Morgan fingerprint density at radius 1 is 1.32 bits per heavy atom. The number of nitrogens with zero attached hydrogens (tertiary/aromatic N) is 2. The highest BCUT2D eigenvalue weighted by atomic mass is 32.1. The van der Waals surface area contributed by atoms with Crippen molar-refractivity contribution in [3.05, 3.63) is 46.7 Å². The lowest BCUT2D eigenvalue weighted by atomic mass is 10.0. The molecule has 0 fully saturated rings. The quantitative estimate of drug-likeness (QED) is 0.795. The molecule has 0 amide bonds. The van der Waals surface area contributed by atoms with Crippen molar-refractivity contribution in [3.63, 3.8) is 0 Å². The van der Waals surface area contributed by atoms with Crippen LogP contribution in [0, 0.1) is 13.8 Å². The van der Waals surface area contributed by atoms with Gasteiger partial charge in [0.05, 0.1) is 11.9 Å². The first kappa shape index (κ1) is 12.4. The summed E-state index contributed by atoms with van der Waals surface area (Å²) in [6, 6.07) is 6.57. The number of rotatable bonds is 3. The van der Waals surface area contributed by atoms with Gasteiger partial charge in [0.1, 0.15) is 10.7 Å². The van der Waals surface area contributed by atoms with Gasteiger partial charge >= 0.3 is 0 Å². The van der Waals surface area contributed by atoms with Gasteiger partial charge in [-0.1, -0.05) is 23.8 Å². The number of hydrogen-bond donors (Lipinski definition) is 1. The van der Waals surface area contributed by atoms with Crippen LogP contribution in [0.25, 0.3) is 16.1 Å². The van der Waals surface area contributed by atoms with Gasteiger partial charge in [0, 0.05) is 17.4 Å². The van der Waals surface area contributed by atoms with E-state index in [-0.39, 0.29) is 0 Å². The smallest absolute Gasteiger partial charge is 0.120 e. The van der Waals surface area contributed by atoms with Gasteiger partial charge in [-0.25, -0.2) is 4.98 Å². The highest BCUT2D eigenvalue weighted by Crippen LogP contribution is 2.30. The van der Waals surface area contributed by atoms with Crippen LogP contribution in [-0.2, 0) is 6.42 Å². The zero-order valence-electron chi connectivity index (χ0n) is 11.2. The van der Waals surface area contributed by atoms with E-state index in [2.05, 4.69) is 46.8 Å². The summed E-state index contributed by atoms with van der Waals surface area (Å²) in [5.41, 5.74) is 10.8. The van der Waals surface area contributed by atoms with Gasteiger partial charge in [-0.05, 0) is 26.0 Å². The van der Waals surface area contributed by atoms with Crippen LogP contribution < -0.4 is 5.73 Å². The summed E-state index contributed by atoms with van der Waals surface area (Å²) in [6.07, 6.45) is 2.74. The van der Waals surface area contributed by atoms with Crippen molar-refractivity contribution in [2.75, 3.05) is 6.54 Å². The summed E-state index contributed by atoms with van der Waals surface area (Å²) in [5, 5.41) is 2.20. The van der Waals surface area contributed by atoms with E-state index in [1.807, 2.05) is 6.20 Å². The molecule has 0 unspecified atom stereocenters. The molecule has 98 valence electrons. The van der Waals surface area contributed by atoms with E-state index in [0.717, 1.165) is 12.2 Å². The fraction of sp³-hybridized carbons (Fsp3) is 0.267. The summed E-state index contributed by atoms with van der Waals surface area (Å²) < 4.78 is 2.23. The van der Waals surface area contributed by atoms with Crippen molar-refractivity contribution in [2.24, 2.45) is 5.73 Å². The third-order valence-electron chi connectivity index (χ3n) is 3.36. The van der Waals surface area contributed by atoms with Crippen LogP contribution in [-0.4, -0.2) is 15.9 Å². The van der Waals surface area contributed by atoms with Gasteiger partial charge < -0.3 is 5.73 Å². The maximum absolute atomic E-state index is 5.67. The minimum absolute atomic E-state index is 0.626. The van der Waals surface area contributed by atoms with Gasteiger partial charge in [-0.3, -0.25) is 4.40 Å². The normalized spacial score (nSPS) is 11.3. The Kier molecular flexibility index (Phi) is 3.12. The van der Waals surface area contributed by atoms with Crippen molar-refractivity contribution >= 4 is 16.2 Å². The van der Waals surface area contributed by atoms with Gasteiger partial charge in [0.25, 0.3) is 0 Å². The zero-order valence-corrected chi connectivity index (χ0v) is 12.0. The molecule has 2 aromatic heterocycles. The Hall–Kier alpha value is -1.65. The zero-order chi connectivity index (χ0) is 13.4. The topological polar surface area (TPSA) is 43.3 Å². The molecule has 3 aromatic rings. The molecule has 0 spiro atoms. The number of hydrogen-bond acceptors (Lipinski definition) is 3.